The number of ether oxygens (including phenoxy) is 3. The second-order valence-electron chi connectivity index (χ2n) is 10.4. The average Bonchev–Trinajstić information content (AvgIpc) is 3.39. The molecule has 0 unspecified atom stereocenters. The summed E-state index contributed by atoms with van der Waals surface area (Å²) in [6.45, 7) is 0.147. The highest BCUT2D eigenvalue weighted by molar-refractivity contribution is 6.04. The second-order valence-corrected chi connectivity index (χ2v) is 10.4. The number of amides is 2. The first-order valence-electron chi connectivity index (χ1n) is 13.9. The lowest BCUT2D eigenvalue weighted by Gasteiger charge is -2.37. The van der Waals surface area contributed by atoms with Gasteiger partial charge in [-0.2, -0.15) is 0 Å². The largest absolute Gasteiger partial charge is 0.487 e. The third kappa shape index (κ3) is 6.27. The predicted octanol–water partition coefficient (Wildman–Crippen LogP) is 4.83. The molecule has 3 aromatic carbocycles. The molecule has 0 aliphatic carbocycles. The van der Waals surface area contributed by atoms with Crippen LogP contribution in [0.4, 0.5) is 5.69 Å². The van der Waals surface area contributed by atoms with Gasteiger partial charge in [-0.1, -0.05) is 30.3 Å². The Hall–Kier alpha value is -4.73. The van der Waals surface area contributed by atoms with Crippen LogP contribution in [0.15, 0.2) is 97.3 Å². The molecule has 9 nitrogen and oxygen atoms in total. The van der Waals surface area contributed by atoms with Crippen LogP contribution in [0.2, 0.25) is 0 Å². The predicted molar refractivity (Wildman–Crippen MR) is 156 cm³/mol. The van der Waals surface area contributed by atoms with Crippen LogP contribution >= 0.6 is 0 Å². The van der Waals surface area contributed by atoms with Crippen molar-refractivity contribution in [2.45, 2.75) is 43.6 Å². The third-order valence-electron chi connectivity index (χ3n) is 7.49. The van der Waals surface area contributed by atoms with E-state index in [0.29, 0.717) is 30.0 Å². The molecule has 0 spiro atoms. The standard InChI is InChI=1S/C33H31N3O6/c37-20-30-32-28(27-15-23(10-13-29(27)42-32)36-33(39)22-5-4-14-34-19-22)16-26(41-30)17-31(38)35-18-21-8-11-25(12-9-21)40-24-6-2-1-3-7-24/h1-15,19,26,28,30,32,37H,16-18,20H2,(H,35,38)(H,36,39)/t26-,28-,30+,32+/m0/s1. The molecule has 2 aliphatic rings. The average molecular weight is 566 g/mol. The number of fused-ring (bicyclic) bond motifs is 3. The quantitative estimate of drug-likeness (QED) is 0.266. The summed E-state index contributed by atoms with van der Waals surface area (Å²) < 4.78 is 18.1. The number of benzene rings is 3. The molecule has 4 atom stereocenters. The highest BCUT2D eigenvalue weighted by Gasteiger charge is 2.46. The summed E-state index contributed by atoms with van der Waals surface area (Å²) in [6.07, 6.45) is 2.49. The fraction of sp³-hybridized carbons (Fsp3) is 0.242. The summed E-state index contributed by atoms with van der Waals surface area (Å²) >= 11 is 0. The normalized spacial score (nSPS) is 20.5. The van der Waals surface area contributed by atoms with Gasteiger partial charge < -0.3 is 30.0 Å². The van der Waals surface area contributed by atoms with E-state index in [4.69, 9.17) is 14.2 Å². The van der Waals surface area contributed by atoms with Gasteiger partial charge in [0, 0.05) is 36.1 Å². The first-order valence-corrected chi connectivity index (χ1v) is 13.9. The number of hydrogen-bond acceptors (Lipinski definition) is 7. The number of aliphatic hydroxyl groups excluding tert-OH is 1. The molecule has 9 heteroatoms. The lowest BCUT2D eigenvalue weighted by atomic mass is 9.84. The number of carbonyl (C=O) groups excluding carboxylic acids is 2. The molecule has 2 aliphatic heterocycles. The van der Waals surface area contributed by atoms with Gasteiger partial charge in [-0.3, -0.25) is 14.6 Å². The third-order valence-corrected chi connectivity index (χ3v) is 7.49. The Morgan fingerprint density at radius 3 is 2.55 bits per heavy atom. The molecule has 1 saturated heterocycles. The molecule has 0 saturated carbocycles. The van der Waals surface area contributed by atoms with Gasteiger partial charge in [-0.05, 0) is 66.6 Å². The minimum absolute atomic E-state index is 0.0869. The number of anilines is 1. The fourth-order valence-corrected chi connectivity index (χ4v) is 5.45. The number of carbonyl (C=O) groups is 2. The molecule has 6 rings (SSSR count). The zero-order valence-corrected chi connectivity index (χ0v) is 22.8. The SMILES string of the molecule is O=C(C[C@@H]1C[C@H]2c3cc(NC(=O)c4cccnc4)ccc3O[C@H]2[C@@H](CO)O1)NCc1ccc(Oc2ccccc2)cc1. The van der Waals surface area contributed by atoms with Crippen molar-refractivity contribution in [1.82, 2.24) is 10.3 Å². The second kappa shape index (κ2) is 12.4. The van der Waals surface area contributed by atoms with Crippen molar-refractivity contribution < 1.29 is 28.9 Å². The number of pyridine rings is 1. The summed E-state index contributed by atoms with van der Waals surface area (Å²) in [5, 5.41) is 15.9. The Morgan fingerprint density at radius 1 is 0.976 bits per heavy atom. The number of rotatable bonds is 9. The minimum Gasteiger partial charge on any atom is -0.487 e. The van der Waals surface area contributed by atoms with Crippen molar-refractivity contribution in [3.63, 3.8) is 0 Å². The topological polar surface area (TPSA) is 119 Å². The number of para-hydroxylation sites is 1. The smallest absolute Gasteiger partial charge is 0.257 e. The van der Waals surface area contributed by atoms with Crippen molar-refractivity contribution >= 4 is 17.5 Å². The van der Waals surface area contributed by atoms with Gasteiger partial charge in [0.05, 0.1) is 24.7 Å². The number of aromatic nitrogens is 1. The zero-order chi connectivity index (χ0) is 28.9. The summed E-state index contributed by atoms with van der Waals surface area (Å²) in [7, 11) is 0. The number of nitrogens with zero attached hydrogens (tertiary/aromatic N) is 1. The first kappa shape index (κ1) is 27.4. The molecule has 214 valence electrons. The van der Waals surface area contributed by atoms with E-state index in [9.17, 15) is 14.7 Å². The Morgan fingerprint density at radius 2 is 1.79 bits per heavy atom. The fourth-order valence-electron chi connectivity index (χ4n) is 5.45. The first-order chi connectivity index (χ1) is 20.6. The molecule has 0 radical (unpaired) electrons. The number of aliphatic hydroxyl groups is 1. The number of hydrogen-bond donors (Lipinski definition) is 3. The molecule has 3 heterocycles. The van der Waals surface area contributed by atoms with Crippen molar-refractivity contribution in [3.8, 4) is 17.2 Å². The summed E-state index contributed by atoms with van der Waals surface area (Å²) in [4.78, 5) is 29.5. The Bertz CT molecular complexity index is 1530. The van der Waals surface area contributed by atoms with E-state index in [1.54, 1.807) is 24.4 Å². The molecule has 2 amide bonds. The van der Waals surface area contributed by atoms with E-state index in [2.05, 4.69) is 15.6 Å². The molecule has 1 aromatic heterocycles. The Labute approximate surface area is 243 Å². The van der Waals surface area contributed by atoms with Gasteiger partial charge in [0.2, 0.25) is 5.91 Å². The van der Waals surface area contributed by atoms with Crippen molar-refractivity contribution in [2.24, 2.45) is 0 Å². The van der Waals surface area contributed by atoms with Gasteiger partial charge in [-0.25, -0.2) is 0 Å². The van der Waals surface area contributed by atoms with Crippen molar-refractivity contribution in [3.05, 3.63) is 114 Å². The maximum atomic E-state index is 12.9. The van der Waals surface area contributed by atoms with Crippen LogP contribution in [0.25, 0.3) is 0 Å². The van der Waals surface area contributed by atoms with Gasteiger partial charge in [-0.15, -0.1) is 0 Å². The van der Waals surface area contributed by atoms with Crippen molar-refractivity contribution in [1.29, 1.82) is 0 Å². The van der Waals surface area contributed by atoms with E-state index in [0.717, 1.165) is 22.6 Å². The zero-order valence-electron chi connectivity index (χ0n) is 22.8. The van der Waals surface area contributed by atoms with Gasteiger partial charge >= 0.3 is 0 Å². The van der Waals surface area contributed by atoms with E-state index in [-0.39, 0.29) is 36.9 Å². The lowest BCUT2D eigenvalue weighted by molar-refractivity contribution is -0.142. The Balaban J connectivity index is 1.06. The van der Waals surface area contributed by atoms with Gasteiger partial charge in [0.15, 0.2) is 0 Å². The molecule has 4 aromatic rings. The summed E-state index contributed by atoms with van der Waals surface area (Å²) in [5.74, 6) is 1.68. The van der Waals surface area contributed by atoms with Gasteiger partial charge in [0.25, 0.3) is 5.91 Å². The van der Waals surface area contributed by atoms with Crippen molar-refractivity contribution in [2.75, 3.05) is 11.9 Å². The highest BCUT2D eigenvalue weighted by Crippen LogP contribution is 2.47. The van der Waals surface area contributed by atoms with Gasteiger partial charge in [0.1, 0.15) is 29.5 Å². The van der Waals surface area contributed by atoms with E-state index < -0.39 is 12.2 Å². The maximum Gasteiger partial charge on any atom is 0.257 e. The van der Waals surface area contributed by atoms with E-state index >= 15 is 0 Å². The van der Waals surface area contributed by atoms with Crippen LogP contribution in [-0.2, 0) is 16.1 Å². The minimum atomic E-state index is -0.570. The molecule has 42 heavy (non-hydrogen) atoms. The molecule has 3 N–H and O–H groups in total. The summed E-state index contributed by atoms with van der Waals surface area (Å²) in [5.41, 5.74) is 2.96. The van der Waals surface area contributed by atoms with Crippen LogP contribution in [0.3, 0.4) is 0 Å². The Kier molecular flexibility index (Phi) is 8.12. The molecular formula is C33H31N3O6. The summed E-state index contributed by atoms with van der Waals surface area (Å²) in [6, 6.07) is 26.0. The van der Waals surface area contributed by atoms with E-state index in [1.165, 1.54) is 6.20 Å². The highest BCUT2D eigenvalue weighted by atomic mass is 16.6. The van der Waals surface area contributed by atoms with E-state index in [1.807, 2.05) is 66.7 Å². The monoisotopic (exact) mass is 565 g/mol. The lowest BCUT2D eigenvalue weighted by Crippen LogP contribution is -2.47. The van der Waals surface area contributed by atoms with Crippen LogP contribution < -0.4 is 20.1 Å². The maximum absolute atomic E-state index is 12.9. The number of nitrogens with one attached hydrogen (secondary N) is 2. The van der Waals surface area contributed by atoms with Crippen LogP contribution in [0.1, 0.15) is 40.2 Å². The van der Waals surface area contributed by atoms with Crippen LogP contribution in [0.5, 0.6) is 17.2 Å². The molecular weight excluding hydrogens is 534 g/mol. The molecule has 0 bridgehead atoms. The van der Waals surface area contributed by atoms with Crippen LogP contribution in [-0.4, -0.2) is 46.8 Å². The van der Waals surface area contributed by atoms with Crippen LogP contribution in [0, 0.1) is 0 Å². The molecule has 1 fully saturated rings.